The van der Waals surface area contributed by atoms with Gasteiger partial charge >= 0.3 is 0 Å². The first kappa shape index (κ1) is 23.1. The van der Waals surface area contributed by atoms with E-state index in [1.807, 2.05) is 0 Å². The first-order chi connectivity index (χ1) is 18.6. The molecule has 0 radical (unpaired) electrons. The zero-order valence-corrected chi connectivity index (χ0v) is 22.3. The lowest BCUT2D eigenvalue weighted by atomic mass is 9.84. The van der Waals surface area contributed by atoms with E-state index in [0.29, 0.717) is 5.92 Å². The molecule has 4 aromatic carbocycles. The van der Waals surface area contributed by atoms with E-state index in [2.05, 4.69) is 126 Å². The third-order valence-corrected chi connectivity index (χ3v) is 8.50. The maximum atomic E-state index is 2.60. The van der Waals surface area contributed by atoms with Crippen molar-refractivity contribution in [2.24, 2.45) is 0 Å². The van der Waals surface area contributed by atoms with Crippen molar-refractivity contribution in [2.45, 2.75) is 52.1 Å². The average Bonchev–Trinajstić information content (AvgIpc) is 3.44. The molecular formula is C36H34N2. The first-order valence-electron chi connectivity index (χ1n) is 13.9. The Morgan fingerprint density at radius 3 is 2.00 bits per heavy atom. The van der Waals surface area contributed by atoms with Crippen LogP contribution in [0.5, 0.6) is 0 Å². The molecule has 0 spiro atoms. The highest BCUT2D eigenvalue weighted by molar-refractivity contribution is 5.87. The Labute approximate surface area is 225 Å². The van der Waals surface area contributed by atoms with Crippen molar-refractivity contribution in [2.75, 3.05) is 0 Å². The predicted molar refractivity (Wildman–Crippen MR) is 159 cm³/mol. The summed E-state index contributed by atoms with van der Waals surface area (Å²) in [7, 11) is 0. The Bertz CT molecular complexity index is 1750. The molecule has 1 atom stereocenters. The van der Waals surface area contributed by atoms with Crippen LogP contribution >= 0.6 is 0 Å². The molecule has 0 N–H and O–H groups in total. The van der Waals surface area contributed by atoms with Crippen LogP contribution in [0.4, 0.5) is 0 Å². The molecule has 38 heavy (non-hydrogen) atoms. The molecule has 1 unspecified atom stereocenters. The fourth-order valence-corrected chi connectivity index (χ4v) is 6.66. The quantitative estimate of drug-likeness (QED) is 0.227. The second-order valence-electron chi connectivity index (χ2n) is 11.2. The zero-order valence-electron chi connectivity index (χ0n) is 22.3. The van der Waals surface area contributed by atoms with Gasteiger partial charge in [-0.15, -0.1) is 0 Å². The highest BCUT2D eigenvalue weighted by atomic mass is 15.0. The summed E-state index contributed by atoms with van der Waals surface area (Å²) >= 11 is 0. The largest absolute Gasteiger partial charge is 0.340 e. The molecule has 2 nitrogen and oxygen atoms in total. The van der Waals surface area contributed by atoms with E-state index in [9.17, 15) is 0 Å². The molecule has 0 saturated heterocycles. The van der Waals surface area contributed by atoms with Crippen LogP contribution in [0.3, 0.4) is 0 Å². The van der Waals surface area contributed by atoms with E-state index in [0.717, 1.165) is 25.9 Å². The molecule has 0 saturated carbocycles. The molecule has 0 fully saturated rings. The summed E-state index contributed by atoms with van der Waals surface area (Å²) < 4.78 is 5.19. The van der Waals surface area contributed by atoms with Crippen LogP contribution in [-0.4, -0.2) is 9.13 Å². The lowest BCUT2D eigenvalue weighted by molar-refractivity contribution is 0.533. The van der Waals surface area contributed by atoms with Crippen molar-refractivity contribution in [3.8, 4) is 0 Å². The lowest BCUT2D eigenvalue weighted by Gasteiger charge is -2.26. The maximum absolute atomic E-state index is 2.60. The van der Waals surface area contributed by atoms with E-state index >= 15 is 0 Å². The summed E-state index contributed by atoms with van der Waals surface area (Å²) in [6.45, 7) is 6.28. The predicted octanol–water partition coefficient (Wildman–Crippen LogP) is 8.58. The highest BCUT2D eigenvalue weighted by Gasteiger charge is 2.29. The minimum atomic E-state index is 0.509. The fourth-order valence-electron chi connectivity index (χ4n) is 6.66. The maximum Gasteiger partial charge on any atom is 0.0488 e. The van der Waals surface area contributed by atoms with Crippen LogP contribution in [0.15, 0.2) is 103 Å². The molecule has 6 aromatic rings. The van der Waals surface area contributed by atoms with Gasteiger partial charge in [-0.1, -0.05) is 83.9 Å². The van der Waals surface area contributed by atoms with Crippen molar-refractivity contribution in [3.05, 3.63) is 142 Å². The summed E-state index contributed by atoms with van der Waals surface area (Å²) in [5, 5.41) is 2.81. The average molecular weight is 495 g/mol. The molecule has 0 aliphatic heterocycles. The third kappa shape index (κ3) is 4.05. The van der Waals surface area contributed by atoms with Crippen LogP contribution in [-0.2, 0) is 25.9 Å². The van der Waals surface area contributed by atoms with Crippen molar-refractivity contribution in [1.29, 1.82) is 0 Å². The van der Waals surface area contributed by atoms with Crippen LogP contribution in [0.2, 0.25) is 0 Å². The SMILES string of the molecule is Cc1ccc2c(c1)cc(C1CCc3c(c4cc(C)ccc4n3Cc3ccccc3)C1)n2Cc1ccccc1. The minimum Gasteiger partial charge on any atom is -0.340 e. The Kier molecular flexibility index (Phi) is 5.69. The normalized spacial score (nSPS) is 15.3. The van der Waals surface area contributed by atoms with Crippen molar-refractivity contribution in [1.82, 2.24) is 9.13 Å². The summed E-state index contributed by atoms with van der Waals surface area (Å²) in [6.07, 6.45) is 3.40. The molecule has 2 aromatic heterocycles. The van der Waals surface area contributed by atoms with Crippen LogP contribution < -0.4 is 0 Å². The van der Waals surface area contributed by atoms with Gasteiger partial charge in [-0.2, -0.15) is 0 Å². The fraction of sp³-hybridized carbons (Fsp3) is 0.222. The first-order valence-corrected chi connectivity index (χ1v) is 13.9. The van der Waals surface area contributed by atoms with Gasteiger partial charge < -0.3 is 9.13 Å². The molecule has 2 heteroatoms. The number of aromatic nitrogens is 2. The zero-order chi connectivity index (χ0) is 25.6. The molecule has 188 valence electrons. The second-order valence-corrected chi connectivity index (χ2v) is 11.2. The number of hydrogen-bond donors (Lipinski definition) is 0. The summed E-state index contributed by atoms with van der Waals surface area (Å²) in [5.74, 6) is 0.509. The Morgan fingerprint density at radius 1 is 0.658 bits per heavy atom. The Morgan fingerprint density at radius 2 is 1.29 bits per heavy atom. The monoisotopic (exact) mass is 494 g/mol. The van der Waals surface area contributed by atoms with Gasteiger partial charge in [-0.3, -0.25) is 0 Å². The molecule has 1 aliphatic rings. The lowest BCUT2D eigenvalue weighted by Crippen LogP contribution is -2.18. The number of benzene rings is 4. The van der Waals surface area contributed by atoms with Gasteiger partial charge in [0.25, 0.3) is 0 Å². The van der Waals surface area contributed by atoms with Gasteiger partial charge in [-0.05, 0) is 80.1 Å². The molecule has 7 rings (SSSR count). The summed E-state index contributed by atoms with van der Waals surface area (Å²) in [5.41, 5.74) is 12.7. The molecule has 1 aliphatic carbocycles. The standard InChI is InChI=1S/C36H34N2/c1-25-13-16-33-30(19-25)22-36(37(33)23-27-9-5-3-6-10-27)29-15-18-35-32(21-29)31-20-26(2)14-17-34(31)38(35)24-28-11-7-4-8-12-28/h3-14,16-17,19-20,22,29H,15,18,21,23-24H2,1-2H3. The van der Waals surface area contributed by atoms with Crippen molar-refractivity contribution in [3.63, 3.8) is 0 Å². The topological polar surface area (TPSA) is 9.86 Å². The summed E-state index contributed by atoms with van der Waals surface area (Å²) in [4.78, 5) is 0. The summed E-state index contributed by atoms with van der Waals surface area (Å²) in [6, 6.07) is 38.3. The molecule has 2 heterocycles. The van der Waals surface area contributed by atoms with E-state index in [-0.39, 0.29) is 0 Å². The smallest absolute Gasteiger partial charge is 0.0488 e. The van der Waals surface area contributed by atoms with Gasteiger partial charge in [0.15, 0.2) is 0 Å². The van der Waals surface area contributed by atoms with E-state index in [4.69, 9.17) is 0 Å². The van der Waals surface area contributed by atoms with E-state index in [1.165, 1.54) is 61.9 Å². The second kappa shape index (κ2) is 9.36. The molecular weight excluding hydrogens is 460 g/mol. The number of rotatable bonds is 5. The van der Waals surface area contributed by atoms with Crippen molar-refractivity contribution >= 4 is 21.8 Å². The Balaban J connectivity index is 1.33. The minimum absolute atomic E-state index is 0.509. The van der Waals surface area contributed by atoms with E-state index < -0.39 is 0 Å². The van der Waals surface area contributed by atoms with Gasteiger partial charge in [0.2, 0.25) is 0 Å². The van der Waals surface area contributed by atoms with Crippen LogP contribution in [0.25, 0.3) is 21.8 Å². The number of fused-ring (bicyclic) bond motifs is 4. The third-order valence-electron chi connectivity index (χ3n) is 8.50. The van der Waals surface area contributed by atoms with Gasteiger partial charge in [-0.25, -0.2) is 0 Å². The van der Waals surface area contributed by atoms with Gasteiger partial charge in [0.05, 0.1) is 0 Å². The Hall–Kier alpha value is -4.04. The highest BCUT2D eigenvalue weighted by Crippen LogP contribution is 2.41. The van der Waals surface area contributed by atoms with Gasteiger partial charge in [0, 0.05) is 52.2 Å². The van der Waals surface area contributed by atoms with Crippen molar-refractivity contribution < 1.29 is 0 Å². The van der Waals surface area contributed by atoms with E-state index in [1.54, 1.807) is 5.56 Å². The number of aryl methyl sites for hydroxylation is 2. The van der Waals surface area contributed by atoms with Gasteiger partial charge in [0.1, 0.15) is 0 Å². The van der Waals surface area contributed by atoms with Crippen LogP contribution in [0, 0.1) is 13.8 Å². The molecule has 0 bridgehead atoms. The van der Waals surface area contributed by atoms with Crippen LogP contribution in [0.1, 0.15) is 51.5 Å². The number of nitrogens with zero attached hydrogens (tertiary/aromatic N) is 2. The molecule has 0 amide bonds. The number of hydrogen-bond acceptors (Lipinski definition) is 0.